The molecule has 1 aromatic rings. The van der Waals surface area contributed by atoms with Gasteiger partial charge in [0.25, 0.3) is 0 Å². The summed E-state index contributed by atoms with van der Waals surface area (Å²) in [4.78, 5) is 0. The van der Waals surface area contributed by atoms with Crippen LogP contribution in [0.3, 0.4) is 0 Å². The Labute approximate surface area is 118 Å². The maximum Gasteiger partial charge on any atom is 0.126 e. The summed E-state index contributed by atoms with van der Waals surface area (Å²) in [5, 5.41) is 0. The first kappa shape index (κ1) is 15.8. The number of rotatable bonds is 3. The minimum Gasteiger partial charge on any atom is -0.496 e. The summed E-state index contributed by atoms with van der Waals surface area (Å²) in [6.45, 7) is 13.4. The number of methoxy groups -OCH3 is 1. The van der Waals surface area contributed by atoms with Crippen LogP contribution in [0.2, 0.25) is 0 Å². The Kier molecular flexibility index (Phi) is 4.84. The van der Waals surface area contributed by atoms with Crippen LogP contribution in [0.5, 0.6) is 5.75 Å². The molecule has 0 radical (unpaired) electrons. The van der Waals surface area contributed by atoms with Gasteiger partial charge in [-0.2, -0.15) is 0 Å². The second-order valence-corrected chi connectivity index (χ2v) is 7.51. The fraction of sp³-hybridized carbons (Fsp3) is 0.556. The molecule has 0 saturated carbocycles. The molecule has 106 valence electrons. The van der Waals surface area contributed by atoms with Crippen LogP contribution in [-0.2, 0) is 6.42 Å². The van der Waals surface area contributed by atoms with Gasteiger partial charge >= 0.3 is 0 Å². The van der Waals surface area contributed by atoms with E-state index in [2.05, 4.69) is 71.9 Å². The molecule has 1 nitrogen and oxygen atoms in total. The molecule has 0 aliphatic rings. The van der Waals surface area contributed by atoms with Crippen molar-refractivity contribution in [2.45, 2.75) is 48.0 Å². The Morgan fingerprint density at radius 1 is 1.05 bits per heavy atom. The van der Waals surface area contributed by atoms with E-state index < -0.39 is 0 Å². The number of hydrogen-bond acceptors (Lipinski definition) is 1. The Morgan fingerprint density at radius 2 is 1.68 bits per heavy atom. The van der Waals surface area contributed by atoms with Crippen LogP contribution in [0.4, 0.5) is 0 Å². The highest BCUT2D eigenvalue weighted by Crippen LogP contribution is 2.28. The average Bonchev–Trinajstić information content (AvgIpc) is 2.23. The molecule has 1 rings (SSSR count). The van der Waals surface area contributed by atoms with Gasteiger partial charge in [-0.15, -0.1) is 0 Å². The van der Waals surface area contributed by atoms with Gasteiger partial charge in [0.15, 0.2) is 0 Å². The molecular formula is C18H28O. The summed E-state index contributed by atoms with van der Waals surface area (Å²) in [5.74, 6) is 0.960. The molecule has 0 amide bonds. The minimum absolute atomic E-state index is 0.190. The number of ether oxygens (including phenoxy) is 1. The molecule has 0 fully saturated rings. The molecule has 0 unspecified atom stereocenters. The molecule has 0 aliphatic heterocycles. The largest absolute Gasteiger partial charge is 0.496 e. The summed E-state index contributed by atoms with van der Waals surface area (Å²) in [7, 11) is 1.74. The molecule has 0 saturated heterocycles. The van der Waals surface area contributed by atoms with E-state index in [-0.39, 0.29) is 5.41 Å². The van der Waals surface area contributed by atoms with Crippen molar-refractivity contribution < 1.29 is 4.74 Å². The van der Waals surface area contributed by atoms with Crippen LogP contribution >= 0.6 is 0 Å². The number of hydrogen-bond donors (Lipinski definition) is 0. The van der Waals surface area contributed by atoms with Crippen molar-refractivity contribution in [1.82, 2.24) is 0 Å². The summed E-state index contributed by atoms with van der Waals surface area (Å²) in [5.41, 5.74) is 2.97. The van der Waals surface area contributed by atoms with Crippen LogP contribution in [0.25, 0.3) is 6.08 Å². The van der Waals surface area contributed by atoms with Gasteiger partial charge in [-0.05, 0) is 28.9 Å². The van der Waals surface area contributed by atoms with Crippen molar-refractivity contribution in [2.24, 2.45) is 10.8 Å². The Hall–Kier alpha value is -1.24. The maximum atomic E-state index is 5.51. The summed E-state index contributed by atoms with van der Waals surface area (Å²) in [6.07, 6.45) is 5.43. The molecule has 0 N–H and O–H groups in total. The second kappa shape index (κ2) is 5.81. The number of allylic oxidation sites excluding steroid dienone is 1. The molecule has 0 bridgehead atoms. The van der Waals surface area contributed by atoms with E-state index in [4.69, 9.17) is 4.74 Å². The zero-order valence-electron chi connectivity index (χ0n) is 13.5. The zero-order valence-corrected chi connectivity index (χ0v) is 13.5. The van der Waals surface area contributed by atoms with Crippen molar-refractivity contribution in [3.63, 3.8) is 0 Å². The van der Waals surface area contributed by atoms with Gasteiger partial charge in [0.05, 0.1) is 7.11 Å². The normalized spacial score (nSPS) is 13.0. The third-order valence-corrected chi connectivity index (χ3v) is 2.80. The quantitative estimate of drug-likeness (QED) is 0.712. The first-order valence-electron chi connectivity index (χ1n) is 6.97. The van der Waals surface area contributed by atoms with Gasteiger partial charge in [-0.1, -0.05) is 65.8 Å². The van der Waals surface area contributed by atoms with Crippen LogP contribution in [0.15, 0.2) is 24.3 Å². The van der Waals surface area contributed by atoms with Crippen LogP contribution < -0.4 is 4.74 Å². The van der Waals surface area contributed by atoms with E-state index in [0.29, 0.717) is 5.41 Å². The van der Waals surface area contributed by atoms with E-state index in [0.717, 1.165) is 17.7 Å². The van der Waals surface area contributed by atoms with Crippen molar-refractivity contribution in [1.29, 1.82) is 0 Å². The SMILES string of the molecule is COc1cc(CC(C)(C)C)ccc1/C=C/C(C)(C)C. The zero-order chi connectivity index (χ0) is 14.7. The number of benzene rings is 1. The van der Waals surface area contributed by atoms with Crippen LogP contribution in [-0.4, -0.2) is 7.11 Å². The topological polar surface area (TPSA) is 9.23 Å². The fourth-order valence-electron chi connectivity index (χ4n) is 1.96. The summed E-state index contributed by atoms with van der Waals surface area (Å²) >= 11 is 0. The smallest absolute Gasteiger partial charge is 0.126 e. The maximum absolute atomic E-state index is 5.51. The predicted molar refractivity (Wildman–Crippen MR) is 84.6 cm³/mol. The lowest BCUT2D eigenvalue weighted by Gasteiger charge is -2.19. The molecule has 1 heteroatoms. The van der Waals surface area contributed by atoms with E-state index >= 15 is 0 Å². The highest BCUT2D eigenvalue weighted by Gasteiger charge is 2.13. The van der Waals surface area contributed by atoms with Crippen molar-refractivity contribution in [2.75, 3.05) is 7.11 Å². The second-order valence-electron chi connectivity index (χ2n) is 7.51. The van der Waals surface area contributed by atoms with E-state index in [1.165, 1.54) is 5.56 Å². The van der Waals surface area contributed by atoms with Crippen molar-refractivity contribution in [3.05, 3.63) is 35.4 Å². The van der Waals surface area contributed by atoms with Crippen molar-refractivity contribution in [3.8, 4) is 5.75 Å². The molecule has 0 aliphatic carbocycles. The lowest BCUT2D eigenvalue weighted by Crippen LogP contribution is -2.09. The first-order chi connectivity index (χ1) is 8.61. The monoisotopic (exact) mass is 260 g/mol. The lowest BCUT2D eigenvalue weighted by atomic mass is 9.87. The van der Waals surface area contributed by atoms with Gasteiger partial charge in [0, 0.05) is 5.56 Å². The van der Waals surface area contributed by atoms with E-state index in [1.54, 1.807) is 7.11 Å². The standard InChI is InChI=1S/C18H28O/c1-17(2,3)11-10-15-9-8-14(12-16(15)19-7)13-18(4,5)6/h8-12H,13H2,1-7H3/b11-10+. The molecule has 0 atom stereocenters. The third kappa shape index (κ3) is 5.96. The van der Waals surface area contributed by atoms with Gasteiger partial charge < -0.3 is 4.74 Å². The van der Waals surface area contributed by atoms with Gasteiger partial charge in [0.2, 0.25) is 0 Å². The molecule has 0 spiro atoms. The first-order valence-corrected chi connectivity index (χ1v) is 6.97. The lowest BCUT2D eigenvalue weighted by molar-refractivity contribution is 0.401. The van der Waals surface area contributed by atoms with Crippen LogP contribution in [0.1, 0.15) is 52.7 Å². The highest BCUT2D eigenvalue weighted by molar-refractivity contribution is 5.58. The molecule has 0 heterocycles. The Morgan fingerprint density at radius 3 is 2.16 bits per heavy atom. The third-order valence-electron chi connectivity index (χ3n) is 2.80. The van der Waals surface area contributed by atoms with Crippen molar-refractivity contribution >= 4 is 6.08 Å². The Balaban J connectivity index is 3.00. The molecule has 1 aromatic carbocycles. The fourth-order valence-corrected chi connectivity index (χ4v) is 1.96. The van der Waals surface area contributed by atoms with E-state index in [1.807, 2.05) is 0 Å². The average molecular weight is 260 g/mol. The molecule has 19 heavy (non-hydrogen) atoms. The Bertz CT molecular complexity index is 442. The minimum atomic E-state index is 0.190. The van der Waals surface area contributed by atoms with Gasteiger partial charge in [-0.25, -0.2) is 0 Å². The molecular weight excluding hydrogens is 232 g/mol. The highest BCUT2D eigenvalue weighted by atomic mass is 16.5. The summed E-state index contributed by atoms with van der Waals surface area (Å²) in [6, 6.07) is 6.52. The van der Waals surface area contributed by atoms with Gasteiger partial charge in [-0.3, -0.25) is 0 Å². The van der Waals surface area contributed by atoms with Crippen LogP contribution in [0, 0.1) is 10.8 Å². The van der Waals surface area contributed by atoms with Gasteiger partial charge in [0.1, 0.15) is 5.75 Å². The molecule has 0 aromatic heterocycles. The predicted octanol–water partition coefficient (Wildman–Crippen LogP) is 5.34. The summed E-state index contributed by atoms with van der Waals surface area (Å²) < 4.78 is 5.51. The van der Waals surface area contributed by atoms with E-state index in [9.17, 15) is 0 Å².